The number of hydrogen-bond donors (Lipinski definition) is 1. The van der Waals surface area contributed by atoms with Crippen molar-refractivity contribution in [2.75, 3.05) is 19.6 Å². The Bertz CT molecular complexity index is 628. The van der Waals surface area contributed by atoms with Crippen LogP contribution in [0.5, 0.6) is 0 Å². The number of nitrogens with two attached hydrogens (primary N) is 1. The maximum Gasteiger partial charge on any atom is 0.222 e. The first-order valence-electron chi connectivity index (χ1n) is 9.80. The van der Waals surface area contributed by atoms with Crippen molar-refractivity contribution in [3.63, 3.8) is 0 Å². The van der Waals surface area contributed by atoms with Crippen LogP contribution in [0.1, 0.15) is 30.4 Å². The van der Waals surface area contributed by atoms with Crippen molar-refractivity contribution in [3.8, 4) is 0 Å². The topological polar surface area (TPSA) is 46.3 Å². The molecule has 1 aliphatic heterocycles. The summed E-state index contributed by atoms with van der Waals surface area (Å²) in [7, 11) is 0. The third-order valence-electron chi connectivity index (χ3n) is 5.50. The van der Waals surface area contributed by atoms with E-state index in [1.807, 2.05) is 12.1 Å². The van der Waals surface area contributed by atoms with Gasteiger partial charge in [0, 0.05) is 19.5 Å². The summed E-state index contributed by atoms with van der Waals surface area (Å²) in [5.74, 6) is 1.22. The molecule has 2 N–H and O–H groups in total. The number of amides is 1. The molecule has 146 valence electrons. The van der Waals surface area contributed by atoms with E-state index in [1.165, 1.54) is 11.1 Å². The Kier molecular flexibility index (Phi) is 8.83. The van der Waals surface area contributed by atoms with Gasteiger partial charge in [-0.2, -0.15) is 0 Å². The van der Waals surface area contributed by atoms with Crippen molar-refractivity contribution in [3.05, 3.63) is 71.8 Å². The molecule has 1 aliphatic rings. The van der Waals surface area contributed by atoms with Gasteiger partial charge in [-0.15, -0.1) is 12.4 Å². The Labute approximate surface area is 169 Å². The Morgan fingerprint density at radius 3 is 1.85 bits per heavy atom. The van der Waals surface area contributed by atoms with Crippen LogP contribution >= 0.6 is 12.4 Å². The summed E-state index contributed by atoms with van der Waals surface area (Å²) in [4.78, 5) is 14.9. The average molecular weight is 387 g/mol. The van der Waals surface area contributed by atoms with E-state index in [-0.39, 0.29) is 12.4 Å². The van der Waals surface area contributed by atoms with Crippen molar-refractivity contribution in [1.29, 1.82) is 0 Å². The summed E-state index contributed by atoms with van der Waals surface area (Å²) in [5.41, 5.74) is 8.39. The van der Waals surface area contributed by atoms with Crippen LogP contribution in [-0.4, -0.2) is 30.4 Å². The van der Waals surface area contributed by atoms with Gasteiger partial charge < -0.3 is 10.6 Å². The van der Waals surface area contributed by atoms with Gasteiger partial charge in [0.2, 0.25) is 5.91 Å². The number of benzene rings is 2. The second kappa shape index (κ2) is 11.1. The number of rotatable bonds is 7. The van der Waals surface area contributed by atoms with Crippen molar-refractivity contribution in [2.45, 2.75) is 32.1 Å². The molecule has 2 aromatic carbocycles. The zero-order chi connectivity index (χ0) is 18.2. The standard InChI is InChI=1S/C23H30N2O.ClH/c24-18-21-11-13-25(14-12-21)23(26)17-22(15-19-7-3-1-4-8-19)16-20-9-5-2-6-10-20;/h1-10,21-22H,11-18,24H2;1H. The Hall–Kier alpha value is -1.84. The van der Waals surface area contributed by atoms with Gasteiger partial charge in [0.05, 0.1) is 0 Å². The van der Waals surface area contributed by atoms with E-state index in [2.05, 4.69) is 53.4 Å². The van der Waals surface area contributed by atoms with E-state index in [9.17, 15) is 4.79 Å². The van der Waals surface area contributed by atoms with Gasteiger partial charge in [-0.1, -0.05) is 60.7 Å². The summed E-state index contributed by atoms with van der Waals surface area (Å²) >= 11 is 0. The van der Waals surface area contributed by atoms with Crippen molar-refractivity contribution in [1.82, 2.24) is 4.90 Å². The lowest BCUT2D eigenvalue weighted by Gasteiger charge is -2.32. The number of carbonyl (C=O) groups is 1. The lowest BCUT2D eigenvalue weighted by atomic mass is 9.89. The highest BCUT2D eigenvalue weighted by Gasteiger charge is 2.24. The van der Waals surface area contributed by atoms with Crippen molar-refractivity contribution in [2.24, 2.45) is 17.6 Å². The average Bonchev–Trinajstić information content (AvgIpc) is 2.69. The molecule has 0 bridgehead atoms. The predicted molar refractivity (Wildman–Crippen MR) is 114 cm³/mol. The van der Waals surface area contributed by atoms with Crippen LogP contribution in [0.4, 0.5) is 0 Å². The number of likely N-dealkylation sites (tertiary alicyclic amines) is 1. The van der Waals surface area contributed by atoms with Crippen LogP contribution in [0.25, 0.3) is 0 Å². The number of nitrogens with zero attached hydrogens (tertiary/aromatic N) is 1. The molecule has 2 aromatic rings. The molecule has 27 heavy (non-hydrogen) atoms. The Morgan fingerprint density at radius 2 is 1.41 bits per heavy atom. The molecular formula is C23H31ClN2O. The molecule has 1 amide bonds. The van der Waals surface area contributed by atoms with Gasteiger partial charge in [-0.25, -0.2) is 0 Å². The van der Waals surface area contributed by atoms with E-state index >= 15 is 0 Å². The normalized spacial score (nSPS) is 14.8. The molecular weight excluding hydrogens is 356 g/mol. The highest BCUT2D eigenvalue weighted by molar-refractivity contribution is 5.85. The number of hydrogen-bond acceptors (Lipinski definition) is 2. The molecule has 0 radical (unpaired) electrons. The third kappa shape index (κ3) is 6.67. The van der Waals surface area contributed by atoms with E-state index in [0.29, 0.717) is 24.2 Å². The highest BCUT2D eigenvalue weighted by atomic mass is 35.5. The van der Waals surface area contributed by atoms with Crippen LogP contribution in [0, 0.1) is 11.8 Å². The minimum atomic E-state index is 0. The van der Waals surface area contributed by atoms with Crippen LogP contribution < -0.4 is 5.73 Å². The lowest BCUT2D eigenvalue weighted by Crippen LogP contribution is -2.40. The van der Waals surface area contributed by atoms with Gasteiger partial charge in [0.15, 0.2) is 0 Å². The Balaban J connectivity index is 0.00000261. The number of piperidine rings is 1. The van der Waals surface area contributed by atoms with Gasteiger partial charge >= 0.3 is 0 Å². The second-order valence-electron chi connectivity index (χ2n) is 7.51. The van der Waals surface area contributed by atoms with Crippen LogP contribution in [0.2, 0.25) is 0 Å². The molecule has 0 aromatic heterocycles. The summed E-state index contributed by atoms with van der Waals surface area (Å²) in [6, 6.07) is 21.0. The minimum absolute atomic E-state index is 0. The SMILES string of the molecule is Cl.NCC1CCN(C(=O)CC(Cc2ccccc2)Cc2ccccc2)CC1. The number of carbonyl (C=O) groups excluding carboxylic acids is 1. The van der Waals surface area contributed by atoms with Gasteiger partial charge in [-0.3, -0.25) is 4.79 Å². The van der Waals surface area contributed by atoms with E-state index in [4.69, 9.17) is 5.73 Å². The van der Waals surface area contributed by atoms with Gasteiger partial charge in [-0.05, 0) is 55.2 Å². The van der Waals surface area contributed by atoms with Crippen molar-refractivity contribution < 1.29 is 4.79 Å². The molecule has 1 fully saturated rings. The second-order valence-corrected chi connectivity index (χ2v) is 7.51. The largest absolute Gasteiger partial charge is 0.343 e. The first kappa shape index (κ1) is 21.5. The summed E-state index contributed by atoms with van der Waals surface area (Å²) in [5, 5.41) is 0. The van der Waals surface area contributed by atoms with Crippen LogP contribution in [0.15, 0.2) is 60.7 Å². The molecule has 0 spiro atoms. The zero-order valence-electron chi connectivity index (χ0n) is 15.9. The molecule has 0 saturated carbocycles. The van der Waals surface area contributed by atoms with Crippen molar-refractivity contribution >= 4 is 18.3 Å². The minimum Gasteiger partial charge on any atom is -0.343 e. The van der Waals surface area contributed by atoms with Gasteiger partial charge in [0.25, 0.3) is 0 Å². The third-order valence-corrected chi connectivity index (χ3v) is 5.50. The first-order chi connectivity index (χ1) is 12.7. The summed E-state index contributed by atoms with van der Waals surface area (Å²) in [6.45, 7) is 2.47. The summed E-state index contributed by atoms with van der Waals surface area (Å²) in [6.07, 6.45) is 4.60. The first-order valence-corrected chi connectivity index (χ1v) is 9.80. The maximum absolute atomic E-state index is 12.9. The maximum atomic E-state index is 12.9. The molecule has 1 heterocycles. The highest BCUT2D eigenvalue weighted by Crippen LogP contribution is 2.22. The smallest absolute Gasteiger partial charge is 0.222 e. The fourth-order valence-electron chi connectivity index (χ4n) is 3.91. The molecule has 3 nitrogen and oxygen atoms in total. The molecule has 3 rings (SSSR count). The zero-order valence-corrected chi connectivity index (χ0v) is 16.7. The predicted octanol–water partition coefficient (Wildman–Crippen LogP) is 4.10. The molecule has 0 unspecified atom stereocenters. The van der Waals surface area contributed by atoms with E-state index in [1.54, 1.807) is 0 Å². The summed E-state index contributed by atoms with van der Waals surface area (Å²) < 4.78 is 0. The monoisotopic (exact) mass is 386 g/mol. The lowest BCUT2D eigenvalue weighted by molar-refractivity contribution is -0.133. The van der Waals surface area contributed by atoms with E-state index < -0.39 is 0 Å². The molecule has 1 saturated heterocycles. The molecule has 0 aliphatic carbocycles. The van der Waals surface area contributed by atoms with Gasteiger partial charge in [0.1, 0.15) is 0 Å². The fraction of sp³-hybridized carbons (Fsp3) is 0.435. The molecule has 4 heteroatoms. The van der Waals surface area contributed by atoms with E-state index in [0.717, 1.165) is 45.3 Å². The van der Waals surface area contributed by atoms with Crippen LogP contribution in [0.3, 0.4) is 0 Å². The van der Waals surface area contributed by atoms with Crippen LogP contribution in [-0.2, 0) is 17.6 Å². The Morgan fingerprint density at radius 1 is 0.926 bits per heavy atom. The number of halogens is 1. The fourth-order valence-corrected chi connectivity index (χ4v) is 3.91. The quantitative estimate of drug-likeness (QED) is 0.778. The molecule has 0 atom stereocenters.